The summed E-state index contributed by atoms with van der Waals surface area (Å²) in [6, 6.07) is 4.15. The number of hydrogen-bond donors (Lipinski definition) is 1. The van der Waals surface area contributed by atoms with Crippen molar-refractivity contribution in [2.75, 3.05) is 13.2 Å². The molecule has 1 aliphatic rings. The Morgan fingerprint density at radius 1 is 1.37 bits per heavy atom. The summed E-state index contributed by atoms with van der Waals surface area (Å²) in [5.41, 5.74) is 1.73. The molecule has 1 N–H and O–H groups in total. The van der Waals surface area contributed by atoms with Gasteiger partial charge in [0.1, 0.15) is 5.75 Å². The van der Waals surface area contributed by atoms with Gasteiger partial charge in [0.25, 0.3) is 0 Å². The quantitative estimate of drug-likeness (QED) is 0.756. The van der Waals surface area contributed by atoms with E-state index in [0.717, 1.165) is 33.7 Å². The SMILES string of the molecule is CCOc1c(Br)cc(Br)cc1CNCC1CC1(C)C. The van der Waals surface area contributed by atoms with E-state index in [2.05, 4.69) is 57.1 Å². The molecule has 1 aromatic rings. The zero-order valence-electron chi connectivity index (χ0n) is 11.7. The van der Waals surface area contributed by atoms with E-state index in [-0.39, 0.29) is 0 Å². The summed E-state index contributed by atoms with van der Waals surface area (Å²) in [6.07, 6.45) is 1.33. The molecule has 2 nitrogen and oxygen atoms in total. The van der Waals surface area contributed by atoms with Crippen LogP contribution in [0.4, 0.5) is 0 Å². The van der Waals surface area contributed by atoms with Crippen molar-refractivity contribution in [3.63, 3.8) is 0 Å². The maximum absolute atomic E-state index is 5.73. The van der Waals surface area contributed by atoms with Gasteiger partial charge in [-0.3, -0.25) is 0 Å². The van der Waals surface area contributed by atoms with Gasteiger partial charge in [0, 0.05) is 16.6 Å². The van der Waals surface area contributed by atoms with E-state index < -0.39 is 0 Å². The minimum absolute atomic E-state index is 0.535. The molecule has 4 heteroatoms. The first-order valence-electron chi connectivity index (χ1n) is 6.75. The Balaban J connectivity index is 1.98. The lowest BCUT2D eigenvalue weighted by atomic mass is 10.1. The minimum atomic E-state index is 0.535. The van der Waals surface area contributed by atoms with Crippen LogP contribution in [0.15, 0.2) is 21.1 Å². The highest BCUT2D eigenvalue weighted by Crippen LogP contribution is 2.51. The van der Waals surface area contributed by atoms with Crippen molar-refractivity contribution in [3.05, 3.63) is 26.6 Å². The molecule has 1 aromatic carbocycles. The minimum Gasteiger partial charge on any atom is -0.492 e. The molecule has 0 bridgehead atoms. The van der Waals surface area contributed by atoms with Gasteiger partial charge in [0.05, 0.1) is 11.1 Å². The molecule has 2 rings (SSSR count). The molecule has 1 atom stereocenters. The summed E-state index contributed by atoms with van der Waals surface area (Å²) in [6.45, 7) is 9.30. The Hall–Kier alpha value is -0.0600. The number of hydrogen-bond acceptors (Lipinski definition) is 2. The summed E-state index contributed by atoms with van der Waals surface area (Å²) in [4.78, 5) is 0. The number of halogens is 2. The molecule has 1 fully saturated rings. The molecule has 1 saturated carbocycles. The Kier molecular flexibility index (Phi) is 4.96. The molecular formula is C15H21Br2NO. The number of ether oxygens (including phenoxy) is 1. The maximum Gasteiger partial charge on any atom is 0.138 e. The lowest BCUT2D eigenvalue weighted by molar-refractivity contribution is 0.333. The van der Waals surface area contributed by atoms with Crippen molar-refractivity contribution < 1.29 is 4.74 Å². The highest BCUT2D eigenvalue weighted by Gasteiger charge is 2.44. The molecule has 0 heterocycles. The second-order valence-corrected chi connectivity index (χ2v) is 7.60. The fraction of sp³-hybridized carbons (Fsp3) is 0.600. The van der Waals surface area contributed by atoms with Crippen molar-refractivity contribution in [2.45, 2.75) is 33.7 Å². The first-order chi connectivity index (χ1) is 8.94. The standard InChI is InChI=1S/C15H21Br2NO/c1-4-19-14-10(5-12(16)6-13(14)17)8-18-9-11-7-15(11,2)3/h5-6,11,18H,4,7-9H2,1-3H3. The molecule has 0 saturated heterocycles. The van der Waals surface area contributed by atoms with Crippen LogP contribution in [0.5, 0.6) is 5.75 Å². The van der Waals surface area contributed by atoms with Gasteiger partial charge in [-0.2, -0.15) is 0 Å². The van der Waals surface area contributed by atoms with Gasteiger partial charge in [0.15, 0.2) is 0 Å². The number of nitrogens with one attached hydrogen (secondary N) is 1. The number of benzene rings is 1. The van der Waals surface area contributed by atoms with Gasteiger partial charge in [0.2, 0.25) is 0 Å². The lowest BCUT2D eigenvalue weighted by Gasteiger charge is -2.14. The average Bonchev–Trinajstić information content (AvgIpc) is 2.91. The van der Waals surface area contributed by atoms with E-state index in [0.29, 0.717) is 12.0 Å². The molecule has 19 heavy (non-hydrogen) atoms. The van der Waals surface area contributed by atoms with Crippen LogP contribution >= 0.6 is 31.9 Å². The molecule has 0 aromatic heterocycles. The summed E-state index contributed by atoms with van der Waals surface area (Å²) in [5.74, 6) is 1.77. The zero-order valence-corrected chi connectivity index (χ0v) is 14.9. The summed E-state index contributed by atoms with van der Waals surface area (Å²) < 4.78 is 7.81. The van der Waals surface area contributed by atoms with Crippen LogP contribution in [-0.2, 0) is 6.54 Å². The smallest absolute Gasteiger partial charge is 0.138 e. The first-order valence-corrected chi connectivity index (χ1v) is 8.34. The molecule has 0 aliphatic heterocycles. The van der Waals surface area contributed by atoms with Crippen LogP contribution in [0.25, 0.3) is 0 Å². The van der Waals surface area contributed by atoms with Crippen molar-refractivity contribution in [2.24, 2.45) is 11.3 Å². The van der Waals surface area contributed by atoms with E-state index >= 15 is 0 Å². The topological polar surface area (TPSA) is 21.3 Å². The Labute approximate surface area is 132 Å². The van der Waals surface area contributed by atoms with Crippen LogP contribution in [-0.4, -0.2) is 13.2 Å². The highest BCUT2D eigenvalue weighted by molar-refractivity contribution is 9.11. The van der Waals surface area contributed by atoms with Gasteiger partial charge in [-0.15, -0.1) is 0 Å². The van der Waals surface area contributed by atoms with Gasteiger partial charge in [-0.1, -0.05) is 29.8 Å². The molecular weight excluding hydrogens is 370 g/mol. The van der Waals surface area contributed by atoms with Crippen LogP contribution in [0.2, 0.25) is 0 Å². The monoisotopic (exact) mass is 389 g/mol. The molecule has 0 spiro atoms. The van der Waals surface area contributed by atoms with Crippen LogP contribution in [0.3, 0.4) is 0 Å². The van der Waals surface area contributed by atoms with Crippen molar-refractivity contribution in [1.82, 2.24) is 5.32 Å². The summed E-state index contributed by atoms with van der Waals surface area (Å²) in [5, 5.41) is 3.55. The third kappa shape index (κ3) is 3.96. The largest absolute Gasteiger partial charge is 0.492 e. The first kappa shape index (κ1) is 15.3. The van der Waals surface area contributed by atoms with Crippen LogP contribution in [0, 0.1) is 11.3 Å². The van der Waals surface area contributed by atoms with Crippen molar-refractivity contribution >= 4 is 31.9 Å². The average molecular weight is 391 g/mol. The zero-order chi connectivity index (χ0) is 14.0. The normalized spacial score (nSPS) is 20.4. The van der Waals surface area contributed by atoms with Gasteiger partial charge in [-0.05, 0) is 59.3 Å². The van der Waals surface area contributed by atoms with Crippen molar-refractivity contribution in [1.29, 1.82) is 0 Å². The lowest BCUT2D eigenvalue weighted by Crippen LogP contribution is -2.18. The summed E-state index contributed by atoms with van der Waals surface area (Å²) >= 11 is 7.10. The fourth-order valence-electron chi connectivity index (χ4n) is 2.36. The molecule has 0 amide bonds. The molecule has 1 unspecified atom stereocenters. The maximum atomic E-state index is 5.73. The van der Waals surface area contributed by atoms with E-state index in [9.17, 15) is 0 Å². The Bertz CT molecular complexity index is 460. The van der Waals surface area contributed by atoms with Gasteiger partial charge >= 0.3 is 0 Å². The van der Waals surface area contributed by atoms with E-state index in [1.165, 1.54) is 12.0 Å². The molecule has 0 radical (unpaired) electrons. The van der Waals surface area contributed by atoms with Crippen molar-refractivity contribution in [3.8, 4) is 5.75 Å². The molecule has 106 valence electrons. The van der Waals surface area contributed by atoms with E-state index in [4.69, 9.17) is 4.74 Å². The second-order valence-electron chi connectivity index (χ2n) is 5.83. The van der Waals surface area contributed by atoms with E-state index in [1.54, 1.807) is 0 Å². The Morgan fingerprint density at radius 3 is 2.63 bits per heavy atom. The third-order valence-corrected chi connectivity index (χ3v) is 4.84. The fourth-order valence-corrected chi connectivity index (χ4v) is 3.78. The highest BCUT2D eigenvalue weighted by atomic mass is 79.9. The predicted octanol–water partition coefficient (Wildman–Crippen LogP) is 4.75. The third-order valence-electron chi connectivity index (χ3n) is 3.80. The van der Waals surface area contributed by atoms with E-state index in [1.807, 2.05) is 13.0 Å². The Morgan fingerprint density at radius 2 is 2.05 bits per heavy atom. The van der Waals surface area contributed by atoms with Gasteiger partial charge < -0.3 is 10.1 Å². The predicted molar refractivity (Wildman–Crippen MR) is 86.6 cm³/mol. The summed E-state index contributed by atoms with van der Waals surface area (Å²) in [7, 11) is 0. The van der Waals surface area contributed by atoms with Crippen LogP contribution < -0.4 is 10.1 Å². The number of rotatable bonds is 6. The van der Waals surface area contributed by atoms with Gasteiger partial charge in [-0.25, -0.2) is 0 Å². The van der Waals surface area contributed by atoms with Crippen LogP contribution in [0.1, 0.15) is 32.8 Å². The molecule has 1 aliphatic carbocycles. The second kappa shape index (κ2) is 6.15.